The SMILES string of the molecule is C/C=C/COC(C)(CC)CC(CC)OC(C)CC. The average molecular weight is 256 g/mol. The lowest BCUT2D eigenvalue weighted by Gasteiger charge is -2.33. The van der Waals surface area contributed by atoms with E-state index in [0.29, 0.717) is 18.8 Å². The molecule has 0 radical (unpaired) electrons. The largest absolute Gasteiger partial charge is 0.375 e. The first-order chi connectivity index (χ1) is 8.51. The lowest BCUT2D eigenvalue weighted by atomic mass is 9.94. The van der Waals surface area contributed by atoms with Crippen molar-refractivity contribution in [2.75, 3.05) is 6.61 Å². The van der Waals surface area contributed by atoms with E-state index in [1.165, 1.54) is 0 Å². The molecule has 0 aliphatic heterocycles. The Bertz CT molecular complexity index is 225. The van der Waals surface area contributed by atoms with E-state index < -0.39 is 0 Å². The van der Waals surface area contributed by atoms with E-state index in [0.717, 1.165) is 25.7 Å². The smallest absolute Gasteiger partial charge is 0.0680 e. The van der Waals surface area contributed by atoms with Crippen LogP contribution < -0.4 is 0 Å². The molecule has 0 spiro atoms. The lowest BCUT2D eigenvalue weighted by molar-refractivity contribution is -0.0859. The van der Waals surface area contributed by atoms with Crippen LogP contribution in [0.4, 0.5) is 0 Å². The Morgan fingerprint density at radius 1 is 1.17 bits per heavy atom. The first-order valence-corrected chi connectivity index (χ1v) is 7.41. The Morgan fingerprint density at radius 3 is 2.28 bits per heavy atom. The summed E-state index contributed by atoms with van der Waals surface area (Å²) in [5, 5.41) is 0. The van der Waals surface area contributed by atoms with Crippen molar-refractivity contribution in [3.8, 4) is 0 Å². The first kappa shape index (κ1) is 17.7. The maximum absolute atomic E-state index is 6.05. The van der Waals surface area contributed by atoms with Gasteiger partial charge < -0.3 is 9.47 Å². The fraction of sp³-hybridized carbons (Fsp3) is 0.875. The molecule has 0 rings (SSSR count). The van der Waals surface area contributed by atoms with Crippen molar-refractivity contribution in [2.45, 2.75) is 85.0 Å². The van der Waals surface area contributed by atoms with E-state index in [2.05, 4.69) is 40.7 Å². The molecule has 0 aliphatic rings. The topological polar surface area (TPSA) is 18.5 Å². The summed E-state index contributed by atoms with van der Waals surface area (Å²) < 4.78 is 12.1. The van der Waals surface area contributed by atoms with Crippen LogP contribution in [0.2, 0.25) is 0 Å². The Kier molecular flexibility index (Phi) is 9.39. The molecule has 0 aromatic heterocycles. The van der Waals surface area contributed by atoms with Gasteiger partial charge in [0.15, 0.2) is 0 Å². The molecule has 0 N–H and O–H groups in total. The fourth-order valence-corrected chi connectivity index (χ4v) is 1.85. The molecule has 0 aliphatic carbocycles. The summed E-state index contributed by atoms with van der Waals surface area (Å²) in [6.07, 6.45) is 8.84. The molecule has 3 atom stereocenters. The van der Waals surface area contributed by atoms with Gasteiger partial charge in [0.25, 0.3) is 0 Å². The molecule has 0 aromatic rings. The van der Waals surface area contributed by atoms with Crippen LogP contribution >= 0.6 is 0 Å². The zero-order valence-corrected chi connectivity index (χ0v) is 13.2. The molecule has 0 saturated carbocycles. The molecule has 0 saturated heterocycles. The molecule has 3 unspecified atom stereocenters. The number of ether oxygens (including phenoxy) is 2. The highest BCUT2D eigenvalue weighted by molar-refractivity contribution is 4.82. The Labute approximate surface area is 114 Å². The van der Waals surface area contributed by atoms with Crippen molar-refractivity contribution in [1.29, 1.82) is 0 Å². The second kappa shape index (κ2) is 9.57. The Balaban J connectivity index is 4.35. The molecule has 0 aromatic carbocycles. The van der Waals surface area contributed by atoms with E-state index in [9.17, 15) is 0 Å². The predicted octanol–water partition coefficient (Wildman–Crippen LogP) is 4.73. The minimum absolute atomic E-state index is 0.0757. The van der Waals surface area contributed by atoms with Crippen molar-refractivity contribution in [1.82, 2.24) is 0 Å². The van der Waals surface area contributed by atoms with Gasteiger partial charge in [0.1, 0.15) is 0 Å². The molecule has 0 bridgehead atoms. The highest BCUT2D eigenvalue weighted by atomic mass is 16.5. The summed E-state index contributed by atoms with van der Waals surface area (Å²) in [4.78, 5) is 0. The van der Waals surface area contributed by atoms with Gasteiger partial charge in [0.05, 0.1) is 24.4 Å². The average Bonchev–Trinajstić information content (AvgIpc) is 2.38. The highest BCUT2D eigenvalue weighted by Gasteiger charge is 2.27. The third-order valence-corrected chi connectivity index (χ3v) is 3.63. The maximum atomic E-state index is 6.05. The molecule has 18 heavy (non-hydrogen) atoms. The lowest BCUT2D eigenvalue weighted by Crippen LogP contribution is -2.35. The van der Waals surface area contributed by atoms with E-state index >= 15 is 0 Å². The third-order valence-electron chi connectivity index (χ3n) is 3.63. The van der Waals surface area contributed by atoms with Crippen LogP contribution in [-0.4, -0.2) is 24.4 Å². The van der Waals surface area contributed by atoms with Crippen molar-refractivity contribution >= 4 is 0 Å². The van der Waals surface area contributed by atoms with Crippen LogP contribution in [0.15, 0.2) is 12.2 Å². The third kappa shape index (κ3) is 7.17. The standard InChI is InChI=1S/C16H32O2/c1-7-11-12-17-16(6,10-4)13-15(9-3)18-14(5)8-2/h7,11,14-15H,8-10,12-13H2,1-6H3/b11-7+. The fourth-order valence-electron chi connectivity index (χ4n) is 1.85. The number of hydrogen-bond donors (Lipinski definition) is 0. The molecular weight excluding hydrogens is 224 g/mol. The number of allylic oxidation sites excluding steroid dienone is 1. The van der Waals surface area contributed by atoms with Gasteiger partial charge >= 0.3 is 0 Å². The molecule has 2 nitrogen and oxygen atoms in total. The number of rotatable bonds is 10. The number of hydrogen-bond acceptors (Lipinski definition) is 2. The van der Waals surface area contributed by atoms with Gasteiger partial charge in [-0.2, -0.15) is 0 Å². The van der Waals surface area contributed by atoms with Crippen molar-refractivity contribution in [3.63, 3.8) is 0 Å². The zero-order chi connectivity index (χ0) is 14.0. The molecule has 108 valence electrons. The highest BCUT2D eigenvalue weighted by Crippen LogP contribution is 2.25. The van der Waals surface area contributed by atoms with Crippen molar-refractivity contribution in [3.05, 3.63) is 12.2 Å². The van der Waals surface area contributed by atoms with Crippen LogP contribution in [0.3, 0.4) is 0 Å². The van der Waals surface area contributed by atoms with Crippen LogP contribution in [0.5, 0.6) is 0 Å². The summed E-state index contributed by atoms with van der Waals surface area (Å²) in [5.74, 6) is 0. The van der Waals surface area contributed by atoms with E-state index in [-0.39, 0.29) is 5.60 Å². The van der Waals surface area contributed by atoms with E-state index in [1.54, 1.807) is 0 Å². The minimum Gasteiger partial charge on any atom is -0.375 e. The van der Waals surface area contributed by atoms with Crippen LogP contribution in [0.1, 0.15) is 67.2 Å². The summed E-state index contributed by atoms with van der Waals surface area (Å²) in [7, 11) is 0. The predicted molar refractivity (Wildman–Crippen MR) is 79.0 cm³/mol. The molecule has 0 fully saturated rings. The van der Waals surface area contributed by atoms with Gasteiger partial charge in [-0.1, -0.05) is 32.9 Å². The van der Waals surface area contributed by atoms with Gasteiger partial charge in [-0.15, -0.1) is 0 Å². The van der Waals surface area contributed by atoms with Gasteiger partial charge in [-0.3, -0.25) is 0 Å². The molecule has 0 amide bonds. The summed E-state index contributed by atoms with van der Waals surface area (Å²) in [6.45, 7) is 13.6. The first-order valence-electron chi connectivity index (χ1n) is 7.41. The second-order valence-corrected chi connectivity index (χ2v) is 5.27. The van der Waals surface area contributed by atoms with Crippen LogP contribution in [0, 0.1) is 0 Å². The summed E-state index contributed by atoms with van der Waals surface area (Å²) in [5.41, 5.74) is -0.0757. The van der Waals surface area contributed by atoms with Crippen molar-refractivity contribution in [2.24, 2.45) is 0 Å². The molecule has 2 heteroatoms. The Hall–Kier alpha value is -0.340. The van der Waals surface area contributed by atoms with Gasteiger partial charge in [-0.05, 0) is 40.0 Å². The quantitative estimate of drug-likeness (QED) is 0.526. The van der Waals surface area contributed by atoms with Crippen LogP contribution in [-0.2, 0) is 9.47 Å². The summed E-state index contributed by atoms with van der Waals surface area (Å²) in [6, 6.07) is 0. The van der Waals surface area contributed by atoms with E-state index in [4.69, 9.17) is 9.47 Å². The van der Waals surface area contributed by atoms with E-state index in [1.807, 2.05) is 13.0 Å². The minimum atomic E-state index is -0.0757. The van der Waals surface area contributed by atoms with Gasteiger partial charge in [0, 0.05) is 6.42 Å². The van der Waals surface area contributed by atoms with Gasteiger partial charge in [-0.25, -0.2) is 0 Å². The van der Waals surface area contributed by atoms with Gasteiger partial charge in [0.2, 0.25) is 0 Å². The van der Waals surface area contributed by atoms with Crippen molar-refractivity contribution < 1.29 is 9.47 Å². The normalized spacial score (nSPS) is 18.8. The Morgan fingerprint density at radius 2 is 1.83 bits per heavy atom. The molecule has 0 heterocycles. The second-order valence-electron chi connectivity index (χ2n) is 5.27. The van der Waals surface area contributed by atoms with Crippen LogP contribution in [0.25, 0.3) is 0 Å². The molecular formula is C16H32O2. The summed E-state index contributed by atoms with van der Waals surface area (Å²) >= 11 is 0. The zero-order valence-electron chi connectivity index (χ0n) is 13.2. The monoisotopic (exact) mass is 256 g/mol. The maximum Gasteiger partial charge on any atom is 0.0680 e.